The van der Waals surface area contributed by atoms with Crippen LogP contribution in [0.3, 0.4) is 0 Å². The van der Waals surface area contributed by atoms with Crippen LogP contribution in [0, 0.1) is 0 Å². The second-order valence-corrected chi connectivity index (χ2v) is 9.76. The molecule has 0 saturated carbocycles. The minimum atomic E-state index is -3.77. The molecular weight excluding hydrogens is 366 g/mol. The van der Waals surface area contributed by atoms with Gasteiger partial charge in [0, 0.05) is 18.2 Å². The predicted octanol–water partition coefficient (Wildman–Crippen LogP) is 0.876. The molecular formula is C15H25N3O5S2. The van der Waals surface area contributed by atoms with Gasteiger partial charge in [-0.3, -0.25) is 4.72 Å². The number of benzene rings is 1. The molecule has 0 radical (unpaired) electrons. The van der Waals surface area contributed by atoms with Crippen LogP contribution in [-0.4, -0.2) is 48.3 Å². The summed E-state index contributed by atoms with van der Waals surface area (Å²) in [6.45, 7) is 4.28. The molecule has 1 aliphatic heterocycles. The van der Waals surface area contributed by atoms with Crippen LogP contribution < -0.4 is 19.5 Å². The molecule has 25 heavy (non-hydrogen) atoms. The number of hydrogen-bond donors (Lipinski definition) is 3. The van der Waals surface area contributed by atoms with E-state index in [2.05, 4.69) is 14.8 Å². The van der Waals surface area contributed by atoms with Crippen LogP contribution in [0.25, 0.3) is 0 Å². The Morgan fingerprint density at radius 3 is 2.60 bits per heavy atom. The molecule has 0 aromatic heterocycles. The highest BCUT2D eigenvalue weighted by Gasteiger charge is 2.27. The number of nitrogens with one attached hydrogen (secondary N) is 3. The van der Waals surface area contributed by atoms with Crippen LogP contribution in [0.5, 0.6) is 5.75 Å². The molecule has 2 atom stereocenters. The van der Waals surface area contributed by atoms with Crippen molar-refractivity contribution in [2.45, 2.75) is 43.7 Å². The van der Waals surface area contributed by atoms with Crippen molar-refractivity contribution in [1.29, 1.82) is 0 Å². The summed E-state index contributed by atoms with van der Waals surface area (Å²) in [6, 6.07) is 4.22. The van der Waals surface area contributed by atoms with E-state index in [1.807, 2.05) is 6.92 Å². The molecule has 0 aliphatic carbocycles. The fraction of sp³-hybridized carbons (Fsp3) is 0.600. The molecule has 0 amide bonds. The molecule has 0 bridgehead atoms. The van der Waals surface area contributed by atoms with Gasteiger partial charge in [0.25, 0.3) is 0 Å². The summed E-state index contributed by atoms with van der Waals surface area (Å²) in [4.78, 5) is -0.0133. The Kier molecular flexibility index (Phi) is 6.30. The standard InChI is InChI=1S/C15H25N3O5S2/c1-4-24(19,20)17-12-5-6-15(14(10-12)23-3)25(21,22)18-13-7-8-16-11(2)9-13/h5-6,10-11,13,16-18H,4,7-9H2,1-3H3. The van der Waals surface area contributed by atoms with Gasteiger partial charge in [-0.05, 0) is 45.4 Å². The first-order valence-electron chi connectivity index (χ1n) is 8.11. The summed E-state index contributed by atoms with van der Waals surface area (Å²) in [5, 5.41) is 3.27. The van der Waals surface area contributed by atoms with Gasteiger partial charge in [0.15, 0.2) is 0 Å². The molecule has 1 fully saturated rings. The maximum absolute atomic E-state index is 12.7. The molecule has 3 N–H and O–H groups in total. The van der Waals surface area contributed by atoms with Crippen LogP contribution >= 0.6 is 0 Å². The average molecular weight is 392 g/mol. The second-order valence-electron chi connectivity index (χ2n) is 6.07. The normalized spacial score (nSPS) is 21.7. The van der Waals surface area contributed by atoms with Crippen LogP contribution in [0.2, 0.25) is 0 Å². The Bertz CT molecular complexity index is 808. The Balaban J connectivity index is 2.25. The monoisotopic (exact) mass is 391 g/mol. The zero-order valence-electron chi connectivity index (χ0n) is 14.6. The molecule has 0 spiro atoms. The summed E-state index contributed by atoms with van der Waals surface area (Å²) in [6.07, 6.45) is 1.41. The average Bonchev–Trinajstić information content (AvgIpc) is 2.53. The highest BCUT2D eigenvalue weighted by atomic mass is 32.2. The number of anilines is 1. The van der Waals surface area contributed by atoms with Gasteiger partial charge in [-0.2, -0.15) is 0 Å². The second kappa shape index (κ2) is 7.90. The third-order valence-electron chi connectivity index (χ3n) is 4.05. The fourth-order valence-corrected chi connectivity index (χ4v) is 4.79. The van der Waals surface area contributed by atoms with Gasteiger partial charge in [0.1, 0.15) is 10.6 Å². The zero-order chi connectivity index (χ0) is 18.7. The molecule has 1 heterocycles. The van der Waals surface area contributed by atoms with E-state index < -0.39 is 20.0 Å². The van der Waals surface area contributed by atoms with Gasteiger partial charge in [-0.1, -0.05) is 0 Å². The lowest BCUT2D eigenvalue weighted by Gasteiger charge is -2.28. The molecule has 8 nitrogen and oxygen atoms in total. The van der Waals surface area contributed by atoms with Crippen molar-refractivity contribution < 1.29 is 21.6 Å². The van der Waals surface area contributed by atoms with E-state index in [0.717, 1.165) is 6.54 Å². The first-order chi connectivity index (χ1) is 11.7. The van der Waals surface area contributed by atoms with Gasteiger partial charge in [0.2, 0.25) is 20.0 Å². The smallest absolute Gasteiger partial charge is 0.244 e. The van der Waals surface area contributed by atoms with Gasteiger partial charge in [0.05, 0.1) is 18.6 Å². The van der Waals surface area contributed by atoms with Crippen molar-refractivity contribution in [2.75, 3.05) is 24.1 Å². The summed E-state index contributed by atoms with van der Waals surface area (Å²) < 4.78 is 58.9. The fourth-order valence-electron chi connectivity index (χ4n) is 2.73. The highest BCUT2D eigenvalue weighted by molar-refractivity contribution is 7.92. The summed E-state index contributed by atoms with van der Waals surface area (Å²) in [5.74, 6) is 0.0101. The molecule has 1 saturated heterocycles. The summed E-state index contributed by atoms with van der Waals surface area (Å²) in [5.41, 5.74) is 0.258. The zero-order valence-corrected chi connectivity index (χ0v) is 16.2. The van der Waals surface area contributed by atoms with Crippen molar-refractivity contribution in [3.05, 3.63) is 18.2 Å². The summed E-state index contributed by atoms with van der Waals surface area (Å²) in [7, 11) is -5.88. The van der Waals surface area contributed by atoms with E-state index in [0.29, 0.717) is 12.8 Å². The van der Waals surface area contributed by atoms with E-state index in [1.165, 1.54) is 32.2 Å². The third kappa shape index (κ3) is 5.30. The van der Waals surface area contributed by atoms with E-state index in [9.17, 15) is 16.8 Å². The molecule has 1 aromatic rings. The van der Waals surface area contributed by atoms with Crippen molar-refractivity contribution in [1.82, 2.24) is 10.0 Å². The minimum absolute atomic E-state index is 0.0133. The lowest BCUT2D eigenvalue weighted by atomic mass is 10.0. The third-order valence-corrected chi connectivity index (χ3v) is 6.92. The Hall–Kier alpha value is -1.36. The van der Waals surface area contributed by atoms with Crippen LogP contribution in [0.4, 0.5) is 5.69 Å². The number of rotatable bonds is 7. The maximum Gasteiger partial charge on any atom is 0.244 e. The van der Waals surface area contributed by atoms with Gasteiger partial charge >= 0.3 is 0 Å². The van der Waals surface area contributed by atoms with E-state index in [1.54, 1.807) is 0 Å². The molecule has 10 heteroatoms. The topological polar surface area (TPSA) is 114 Å². The van der Waals surface area contributed by atoms with Gasteiger partial charge < -0.3 is 10.1 Å². The Morgan fingerprint density at radius 1 is 1.28 bits per heavy atom. The quantitative estimate of drug-likeness (QED) is 0.636. The molecule has 1 aliphatic rings. The Morgan fingerprint density at radius 2 is 2.00 bits per heavy atom. The largest absolute Gasteiger partial charge is 0.495 e. The number of piperidine rings is 1. The van der Waals surface area contributed by atoms with Crippen molar-refractivity contribution in [3.63, 3.8) is 0 Å². The number of hydrogen-bond acceptors (Lipinski definition) is 6. The molecule has 2 unspecified atom stereocenters. The maximum atomic E-state index is 12.7. The molecule has 2 rings (SSSR count). The van der Waals surface area contributed by atoms with E-state index in [-0.39, 0.29) is 34.2 Å². The highest BCUT2D eigenvalue weighted by Crippen LogP contribution is 2.28. The lowest BCUT2D eigenvalue weighted by Crippen LogP contribution is -2.46. The first kappa shape index (κ1) is 20.0. The first-order valence-corrected chi connectivity index (χ1v) is 11.2. The van der Waals surface area contributed by atoms with Crippen molar-refractivity contribution in [2.24, 2.45) is 0 Å². The van der Waals surface area contributed by atoms with E-state index in [4.69, 9.17) is 4.74 Å². The van der Waals surface area contributed by atoms with E-state index >= 15 is 0 Å². The number of methoxy groups -OCH3 is 1. The van der Waals surface area contributed by atoms with Crippen molar-refractivity contribution in [3.8, 4) is 5.75 Å². The van der Waals surface area contributed by atoms with Gasteiger partial charge in [-0.25, -0.2) is 21.6 Å². The number of ether oxygens (including phenoxy) is 1. The van der Waals surface area contributed by atoms with Crippen LogP contribution in [-0.2, 0) is 20.0 Å². The SMILES string of the molecule is CCS(=O)(=O)Nc1ccc(S(=O)(=O)NC2CCNC(C)C2)c(OC)c1. The minimum Gasteiger partial charge on any atom is -0.495 e. The van der Waals surface area contributed by atoms with Gasteiger partial charge in [-0.15, -0.1) is 0 Å². The van der Waals surface area contributed by atoms with Crippen molar-refractivity contribution >= 4 is 25.7 Å². The van der Waals surface area contributed by atoms with Crippen LogP contribution in [0.15, 0.2) is 23.1 Å². The predicted molar refractivity (Wildman–Crippen MR) is 96.9 cm³/mol. The number of sulfonamides is 2. The Labute approximate surface area is 149 Å². The molecule has 1 aromatic carbocycles. The molecule has 142 valence electrons. The lowest BCUT2D eigenvalue weighted by molar-refractivity contribution is 0.360. The van der Waals surface area contributed by atoms with Crippen LogP contribution in [0.1, 0.15) is 26.7 Å². The summed E-state index contributed by atoms with van der Waals surface area (Å²) >= 11 is 0.